The van der Waals surface area contributed by atoms with E-state index in [-0.39, 0.29) is 16.9 Å². The van der Waals surface area contributed by atoms with Crippen LogP contribution in [-0.2, 0) is 4.74 Å². The Bertz CT molecular complexity index is 976. The highest BCUT2D eigenvalue weighted by molar-refractivity contribution is 5.65. The maximum Gasteiger partial charge on any atom is 0.201 e. The summed E-state index contributed by atoms with van der Waals surface area (Å²) in [4.78, 5) is 0. The van der Waals surface area contributed by atoms with Crippen LogP contribution >= 0.6 is 0 Å². The molecule has 2 atom stereocenters. The molecule has 4 heteroatoms. The van der Waals surface area contributed by atoms with Gasteiger partial charge in [-0.1, -0.05) is 49.8 Å². The minimum Gasteiger partial charge on any atom is -0.491 e. The predicted molar refractivity (Wildman–Crippen MR) is 134 cm³/mol. The molecular formula is C30H38F2O2. The first kappa shape index (κ1) is 24.9. The van der Waals surface area contributed by atoms with Crippen molar-refractivity contribution in [3.63, 3.8) is 0 Å². The van der Waals surface area contributed by atoms with Gasteiger partial charge in [0.25, 0.3) is 0 Å². The Morgan fingerprint density at radius 1 is 0.912 bits per heavy atom. The van der Waals surface area contributed by atoms with Crippen LogP contribution in [0, 0.1) is 23.5 Å². The third kappa shape index (κ3) is 5.22. The Morgan fingerprint density at radius 2 is 1.65 bits per heavy atom. The van der Waals surface area contributed by atoms with Crippen molar-refractivity contribution < 1.29 is 18.3 Å². The molecule has 0 saturated heterocycles. The summed E-state index contributed by atoms with van der Waals surface area (Å²) in [6.45, 7) is 4.28. The van der Waals surface area contributed by atoms with Crippen molar-refractivity contribution in [3.05, 3.63) is 65.7 Å². The molecule has 2 aliphatic carbocycles. The molecule has 0 amide bonds. The van der Waals surface area contributed by atoms with E-state index in [2.05, 4.69) is 31.2 Å². The Kier molecular flexibility index (Phi) is 8.08. The van der Waals surface area contributed by atoms with Crippen molar-refractivity contribution in [2.24, 2.45) is 11.8 Å². The van der Waals surface area contributed by atoms with Crippen LogP contribution in [0.1, 0.15) is 76.7 Å². The molecule has 0 spiro atoms. The second kappa shape index (κ2) is 11.0. The average Bonchev–Trinajstić information content (AvgIpc) is 2.88. The van der Waals surface area contributed by atoms with Crippen molar-refractivity contribution in [1.82, 2.24) is 0 Å². The SMILES string of the molecule is CCCC1(OC)C=CC(C2CCC(c3ccc(-c4ccc(OCC)c(F)c4F)cc3)CC2)CC1. The van der Waals surface area contributed by atoms with E-state index < -0.39 is 11.6 Å². The van der Waals surface area contributed by atoms with Crippen LogP contribution in [0.25, 0.3) is 11.1 Å². The number of allylic oxidation sites excluding steroid dienone is 1. The monoisotopic (exact) mass is 468 g/mol. The fraction of sp³-hybridized carbons (Fsp3) is 0.533. The summed E-state index contributed by atoms with van der Waals surface area (Å²) < 4.78 is 39.9. The van der Waals surface area contributed by atoms with Gasteiger partial charge in [-0.15, -0.1) is 0 Å². The lowest BCUT2D eigenvalue weighted by Crippen LogP contribution is -2.34. The van der Waals surface area contributed by atoms with Crippen molar-refractivity contribution in [1.29, 1.82) is 0 Å². The van der Waals surface area contributed by atoms with Crippen LogP contribution < -0.4 is 4.74 Å². The third-order valence-corrected chi connectivity index (χ3v) is 8.04. The molecule has 1 saturated carbocycles. The van der Waals surface area contributed by atoms with Gasteiger partial charge in [0.05, 0.1) is 12.2 Å². The molecule has 184 valence electrons. The van der Waals surface area contributed by atoms with E-state index in [9.17, 15) is 8.78 Å². The third-order valence-electron chi connectivity index (χ3n) is 8.04. The molecule has 2 nitrogen and oxygen atoms in total. The molecular weight excluding hydrogens is 430 g/mol. The minimum absolute atomic E-state index is 0.0387. The lowest BCUT2D eigenvalue weighted by molar-refractivity contribution is 0.00433. The molecule has 0 heterocycles. The van der Waals surface area contributed by atoms with Gasteiger partial charge in [-0.05, 0) is 92.9 Å². The van der Waals surface area contributed by atoms with Gasteiger partial charge in [0.15, 0.2) is 11.6 Å². The van der Waals surface area contributed by atoms with Crippen molar-refractivity contribution in [3.8, 4) is 16.9 Å². The first-order chi connectivity index (χ1) is 16.5. The Morgan fingerprint density at radius 3 is 2.24 bits per heavy atom. The van der Waals surface area contributed by atoms with Crippen molar-refractivity contribution in [2.75, 3.05) is 13.7 Å². The Hall–Kier alpha value is -2.20. The van der Waals surface area contributed by atoms with Crippen LogP contribution in [-0.4, -0.2) is 19.3 Å². The quantitative estimate of drug-likeness (QED) is 0.362. The highest BCUT2D eigenvalue weighted by atomic mass is 19.2. The van der Waals surface area contributed by atoms with Crippen LogP contribution in [0.15, 0.2) is 48.6 Å². The van der Waals surface area contributed by atoms with Crippen LogP contribution in [0.4, 0.5) is 8.78 Å². The van der Waals surface area contributed by atoms with Gasteiger partial charge in [0.1, 0.15) is 0 Å². The Labute approximate surface area is 203 Å². The normalized spacial score (nSPS) is 27.0. The van der Waals surface area contributed by atoms with Crippen LogP contribution in [0.2, 0.25) is 0 Å². The number of hydrogen-bond acceptors (Lipinski definition) is 2. The van der Waals surface area contributed by atoms with Crippen LogP contribution in [0.3, 0.4) is 0 Å². The Balaban J connectivity index is 1.37. The number of methoxy groups -OCH3 is 1. The highest BCUT2D eigenvalue weighted by Gasteiger charge is 2.34. The zero-order valence-corrected chi connectivity index (χ0v) is 20.8. The fourth-order valence-corrected chi connectivity index (χ4v) is 6.02. The van der Waals surface area contributed by atoms with Gasteiger partial charge in [-0.2, -0.15) is 4.39 Å². The maximum atomic E-state index is 14.6. The van der Waals surface area contributed by atoms with Crippen LogP contribution in [0.5, 0.6) is 5.75 Å². The number of hydrogen-bond donors (Lipinski definition) is 0. The number of halogens is 2. The summed E-state index contributed by atoms with van der Waals surface area (Å²) in [5.41, 5.74) is 2.22. The van der Waals surface area contributed by atoms with E-state index in [1.165, 1.54) is 43.7 Å². The second-order valence-electron chi connectivity index (χ2n) is 9.99. The topological polar surface area (TPSA) is 18.5 Å². The molecule has 0 radical (unpaired) electrons. The zero-order chi connectivity index (χ0) is 24.1. The van der Waals surface area contributed by atoms with Gasteiger partial charge in [-0.25, -0.2) is 4.39 Å². The van der Waals surface area contributed by atoms with E-state index in [1.807, 2.05) is 19.2 Å². The summed E-state index contributed by atoms with van der Waals surface area (Å²) in [5, 5.41) is 0. The summed E-state index contributed by atoms with van der Waals surface area (Å²) in [6, 6.07) is 11.1. The molecule has 4 rings (SSSR count). The smallest absolute Gasteiger partial charge is 0.201 e. The molecule has 0 aliphatic heterocycles. The predicted octanol–water partition coefficient (Wildman–Crippen LogP) is 8.46. The summed E-state index contributed by atoms with van der Waals surface area (Å²) in [7, 11) is 1.84. The summed E-state index contributed by atoms with van der Waals surface area (Å²) >= 11 is 0. The molecule has 0 bridgehead atoms. The lowest BCUT2D eigenvalue weighted by Gasteiger charge is -2.39. The molecule has 0 aromatic heterocycles. The number of ether oxygens (including phenoxy) is 2. The average molecular weight is 469 g/mol. The summed E-state index contributed by atoms with van der Waals surface area (Å²) in [6.07, 6.45) is 14.2. The molecule has 1 fully saturated rings. The van der Waals surface area contributed by atoms with E-state index in [0.717, 1.165) is 25.2 Å². The standard InChI is InChI=1S/C30H38F2O2/c1-4-18-30(33-3)19-16-24(17-20-30)23-8-6-21(7-9-23)22-10-12-25(13-11-22)26-14-15-27(34-5-2)29(32)28(26)31/h10-16,19,21,23-24H,4-9,17-18,20H2,1-3H3. The fourth-order valence-electron chi connectivity index (χ4n) is 6.02. The van der Waals surface area contributed by atoms with Crippen molar-refractivity contribution >= 4 is 0 Å². The lowest BCUT2D eigenvalue weighted by atomic mass is 9.69. The van der Waals surface area contributed by atoms with Gasteiger partial charge in [0, 0.05) is 12.7 Å². The number of rotatable bonds is 8. The van der Waals surface area contributed by atoms with E-state index in [0.29, 0.717) is 24.0 Å². The van der Waals surface area contributed by atoms with E-state index >= 15 is 0 Å². The van der Waals surface area contributed by atoms with Gasteiger partial charge in [0.2, 0.25) is 5.82 Å². The maximum absolute atomic E-state index is 14.6. The van der Waals surface area contributed by atoms with Gasteiger partial charge < -0.3 is 9.47 Å². The van der Waals surface area contributed by atoms with Crippen molar-refractivity contribution in [2.45, 2.75) is 76.7 Å². The molecule has 0 N–H and O–H groups in total. The molecule has 34 heavy (non-hydrogen) atoms. The molecule has 2 aliphatic rings. The first-order valence-electron chi connectivity index (χ1n) is 13.0. The second-order valence-corrected chi connectivity index (χ2v) is 9.99. The van der Waals surface area contributed by atoms with E-state index in [4.69, 9.17) is 9.47 Å². The van der Waals surface area contributed by atoms with E-state index in [1.54, 1.807) is 13.0 Å². The molecule has 2 aromatic rings. The number of benzene rings is 2. The largest absolute Gasteiger partial charge is 0.491 e. The molecule has 2 unspecified atom stereocenters. The van der Waals surface area contributed by atoms with Gasteiger partial charge in [-0.3, -0.25) is 0 Å². The molecule has 2 aromatic carbocycles. The first-order valence-corrected chi connectivity index (χ1v) is 13.0. The highest BCUT2D eigenvalue weighted by Crippen LogP contribution is 2.44. The van der Waals surface area contributed by atoms with Gasteiger partial charge >= 0.3 is 0 Å². The zero-order valence-electron chi connectivity index (χ0n) is 20.8. The minimum atomic E-state index is -0.920. The summed E-state index contributed by atoms with van der Waals surface area (Å²) in [5.74, 6) is 0.151.